The summed E-state index contributed by atoms with van der Waals surface area (Å²) < 4.78 is 42.2. The fourth-order valence-corrected chi connectivity index (χ4v) is 3.94. The summed E-state index contributed by atoms with van der Waals surface area (Å²) in [6, 6.07) is 17.3. The summed E-state index contributed by atoms with van der Waals surface area (Å²) >= 11 is 1.66. The molecular weight excluding hydrogens is 411 g/mol. The summed E-state index contributed by atoms with van der Waals surface area (Å²) in [6.07, 6.45) is -0.999. The Morgan fingerprint density at radius 2 is 1.63 bits per heavy atom. The number of halogens is 3. The van der Waals surface area contributed by atoms with Gasteiger partial charge in [0.2, 0.25) is 5.82 Å². The van der Waals surface area contributed by atoms with Gasteiger partial charge in [0, 0.05) is 16.5 Å². The summed E-state index contributed by atoms with van der Waals surface area (Å²) in [4.78, 5) is 8.15. The Morgan fingerprint density at radius 3 is 2.40 bits per heavy atom. The molecular formula is C22H18F3N3OS. The lowest BCUT2D eigenvalue weighted by molar-refractivity contribution is -0.159. The van der Waals surface area contributed by atoms with E-state index in [0.717, 1.165) is 47.5 Å². The normalized spacial score (nSPS) is 11.7. The third kappa shape index (κ3) is 4.94. The zero-order valence-corrected chi connectivity index (χ0v) is 16.7. The molecule has 0 N–H and O–H groups in total. The molecule has 8 heteroatoms. The third-order valence-corrected chi connectivity index (χ3v) is 5.49. The van der Waals surface area contributed by atoms with Crippen molar-refractivity contribution in [2.45, 2.75) is 31.9 Å². The van der Waals surface area contributed by atoms with Gasteiger partial charge in [-0.3, -0.25) is 0 Å². The molecule has 0 aliphatic rings. The van der Waals surface area contributed by atoms with E-state index in [1.807, 2.05) is 42.5 Å². The van der Waals surface area contributed by atoms with Gasteiger partial charge in [0.1, 0.15) is 0 Å². The van der Waals surface area contributed by atoms with Crippen molar-refractivity contribution in [2.75, 3.05) is 0 Å². The van der Waals surface area contributed by atoms with Crippen molar-refractivity contribution in [3.8, 4) is 22.6 Å². The number of aryl methyl sites for hydroxylation is 2. The number of alkyl halides is 3. The van der Waals surface area contributed by atoms with Crippen LogP contribution in [0.3, 0.4) is 0 Å². The van der Waals surface area contributed by atoms with Gasteiger partial charge in [0.25, 0.3) is 0 Å². The summed E-state index contributed by atoms with van der Waals surface area (Å²) in [7, 11) is 0. The maximum absolute atomic E-state index is 12.6. The summed E-state index contributed by atoms with van der Waals surface area (Å²) in [6.45, 7) is 0. The first-order valence-electron chi connectivity index (χ1n) is 9.49. The molecule has 4 rings (SSSR count). The maximum Gasteiger partial charge on any atom is 0.471 e. The Morgan fingerprint density at radius 1 is 0.867 bits per heavy atom. The summed E-state index contributed by atoms with van der Waals surface area (Å²) in [5.41, 5.74) is 3.66. The van der Waals surface area contributed by atoms with Crippen LogP contribution in [0.4, 0.5) is 13.2 Å². The largest absolute Gasteiger partial charge is 0.471 e. The fraction of sp³-hybridized carbons (Fsp3) is 0.227. The highest BCUT2D eigenvalue weighted by Crippen LogP contribution is 2.29. The van der Waals surface area contributed by atoms with Crippen molar-refractivity contribution >= 4 is 11.3 Å². The van der Waals surface area contributed by atoms with E-state index in [4.69, 9.17) is 4.98 Å². The van der Waals surface area contributed by atoms with Gasteiger partial charge in [0.15, 0.2) is 0 Å². The molecule has 0 saturated carbocycles. The monoisotopic (exact) mass is 429 g/mol. The number of benzene rings is 2. The second-order valence-corrected chi connectivity index (χ2v) is 7.76. The van der Waals surface area contributed by atoms with Gasteiger partial charge in [0.05, 0.1) is 10.7 Å². The second-order valence-electron chi connectivity index (χ2n) is 6.82. The highest BCUT2D eigenvalue weighted by Gasteiger charge is 2.38. The van der Waals surface area contributed by atoms with Gasteiger partial charge < -0.3 is 4.52 Å². The Balaban J connectivity index is 1.31. The van der Waals surface area contributed by atoms with Gasteiger partial charge in [-0.15, -0.1) is 11.3 Å². The minimum Gasteiger partial charge on any atom is -0.329 e. The van der Waals surface area contributed by atoms with E-state index in [2.05, 4.69) is 20.0 Å². The highest BCUT2D eigenvalue weighted by molar-refractivity contribution is 7.09. The molecule has 2 aromatic heterocycles. The van der Waals surface area contributed by atoms with Gasteiger partial charge >= 0.3 is 12.1 Å². The zero-order chi connectivity index (χ0) is 21.0. The lowest BCUT2D eigenvalue weighted by atomic mass is 10.0. The molecule has 2 aromatic carbocycles. The van der Waals surface area contributed by atoms with Crippen molar-refractivity contribution < 1.29 is 17.7 Å². The lowest BCUT2D eigenvalue weighted by Crippen LogP contribution is -2.04. The summed E-state index contributed by atoms with van der Waals surface area (Å²) in [5.74, 6) is -1.39. The summed E-state index contributed by atoms with van der Waals surface area (Å²) in [5, 5.41) is 6.63. The van der Waals surface area contributed by atoms with Crippen LogP contribution in [0.2, 0.25) is 0 Å². The molecule has 0 radical (unpaired) electrons. The Bertz CT molecular complexity index is 1110. The molecule has 0 fully saturated rings. The molecule has 4 nitrogen and oxygen atoms in total. The predicted octanol–water partition coefficient (Wildman–Crippen LogP) is 6.44. The highest BCUT2D eigenvalue weighted by atomic mass is 32.1. The minimum absolute atomic E-state index is 0.0552. The van der Waals surface area contributed by atoms with Crippen molar-refractivity contribution in [3.63, 3.8) is 0 Å². The van der Waals surface area contributed by atoms with Crippen molar-refractivity contribution in [3.05, 3.63) is 76.4 Å². The van der Waals surface area contributed by atoms with Crippen LogP contribution in [0.15, 0.2) is 64.5 Å². The number of hydrogen-bond donors (Lipinski definition) is 0. The lowest BCUT2D eigenvalue weighted by Gasteiger charge is -2.03. The van der Waals surface area contributed by atoms with E-state index in [0.29, 0.717) is 5.56 Å². The molecule has 0 saturated heterocycles. The van der Waals surface area contributed by atoms with Crippen LogP contribution in [0.5, 0.6) is 0 Å². The van der Waals surface area contributed by atoms with Crippen LogP contribution >= 0.6 is 11.3 Å². The molecule has 4 aromatic rings. The van der Waals surface area contributed by atoms with Crippen LogP contribution in [0.1, 0.15) is 29.3 Å². The second kappa shape index (κ2) is 8.79. The van der Waals surface area contributed by atoms with E-state index in [1.165, 1.54) is 0 Å². The van der Waals surface area contributed by atoms with Crippen LogP contribution in [-0.2, 0) is 19.0 Å². The number of hydrogen-bond acceptors (Lipinski definition) is 5. The average molecular weight is 429 g/mol. The fourth-order valence-electron chi connectivity index (χ4n) is 3.09. The number of thiazole rings is 1. The van der Waals surface area contributed by atoms with Gasteiger partial charge in [-0.1, -0.05) is 53.7 Å². The Labute approximate surface area is 175 Å². The average Bonchev–Trinajstić information content (AvgIpc) is 3.42. The molecule has 0 unspecified atom stereocenters. The van der Waals surface area contributed by atoms with E-state index >= 15 is 0 Å². The van der Waals surface area contributed by atoms with Gasteiger partial charge in [-0.25, -0.2) is 4.98 Å². The predicted molar refractivity (Wildman–Crippen MR) is 109 cm³/mol. The first kappa shape index (κ1) is 20.3. The molecule has 2 heterocycles. The van der Waals surface area contributed by atoms with Crippen LogP contribution in [0, 0.1) is 0 Å². The number of nitrogens with zero attached hydrogens (tertiary/aromatic N) is 3. The van der Waals surface area contributed by atoms with Crippen LogP contribution in [0.25, 0.3) is 22.6 Å². The molecule has 0 bridgehead atoms. The van der Waals surface area contributed by atoms with Gasteiger partial charge in [-0.2, -0.15) is 18.2 Å². The maximum atomic E-state index is 12.6. The Kier molecular flexibility index (Phi) is 5.94. The topological polar surface area (TPSA) is 51.8 Å². The van der Waals surface area contributed by atoms with Crippen LogP contribution < -0.4 is 0 Å². The van der Waals surface area contributed by atoms with E-state index < -0.39 is 12.1 Å². The molecule has 0 atom stereocenters. The molecule has 154 valence electrons. The Hall–Kier alpha value is -3.00. The van der Waals surface area contributed by atoms with Crippen molar-refractivity contribution in [1.82, 2.24) is 15.1 Å². The quantitative estimate of drug-likeness (QED) is 0.317. The SMILES string of the molecule is FC(F)(F)c1nc(-c2cccc(CCCCc3nc(-c4ccccc4)cs3)c2)no1. The first-order valence-corrected chi connectivity index (χ1v) is 10.4. The standard InChI is InChI=1S/C22H18F3N3OS/c23-22(24,25)21-27-20(28-29-21)17-11-6-8-15(13-17)7-4-5-12-19-26-18(14-30-19)16-9-2-1-3-10-16/h1-3,6,8-11,13-14H,4-5,7,12H2. The van der Waals surface area contributed by atoms with E-state index in [9.17, 15) is 13.2 Å². The smallest absolute Gasteiger partial charge is 0.329 e. The van der Waals surface area contributed by atoms with Gasteiger partial charge in [-0.05, 0) is 37.3 Å². The minimum atomic E-state index is -4.64. The molecule has 0 aliphatic carbocycles. The van der Waals surface area contributed by atoms with Crippen molar-refractivity contribution in [1.29, 1.82) is 0 Å². The number of aromatic nitrogens is 3. The third-order valence-electron chi connectivity index (χ3n) is 4.58. The number of rotatable bonds is 7. The first-order chi connectivity index (χ1) is 14.5. The molecule has 30 heavy (non-hydrogen) atoms. The van der Waals surface area contributed by atoms with Crippen molar-refractivity contribution in [2.24, 2.45) is 0 Å². The van der Waals surface area contributed by atoms with E-state index in [1.54, 1.807) is 23.5 Å². The molecule has 0 spiro atoms. The van der Waals surface area contributed by atoms with Crippen LogP contribution in [-0.4, -0.2) is 15.1 Å². The number of unbranched alkanes of at least 4 members (excludes halogenated alkanes) is 1. The zero-order valence-electron chi connectivity index (χ0n) is 15.9. The van der Waals surface area contributed by atoms with E-state index in [-0.39, 0.29) is 5.82 Å². The molecule has 0 amide bonds. The molecule has 0 aliphatic heterocycles.